The molecule has 0 N–H and O–H groups in total. The minimum atomic E-state index is -0.0804. The van der Waals surface area contributed by atoms with Gasteiger partial charge in [-0.1, -0.05) is 0 Å². The van der Waals surface area contributed by atoms with Gasteiger partial charge in [-0.2, -0.15) is 0 Å². The van der Waals surface area contributed by atoms with Crippen LogP contribution in [0, 0.1) is 0 Å². The summed E-state index contributed by atoms with van der Waals surface area (Å²) in [4.78, 5) is 16.3. The number of carbonyl (C=O) groups excluding carboxylic acids is 1. The highest BCUT2D eigenvalue weighted by molar-refractivity contribution is 5.91. The number of aromatic nitrogens is 2. The predicted molar refractivity (Wildman–Crippen MR) is 103 cm³/mol. The van der Waals surface area contributed by atoms with Crippen molar-refractivity contribution in [2.45, 2.75) is 6.54 Å². The maximum atomic E-state index is 12.3. The van der Waals surface area contributed by atoms with E-state index in [9.17, 15) is 4.79 Å². The van der Waals surface area contributed by atoms with E-state index in [4.69, 9.17) is 18.3 Å². The molecule has 0 bridgehead atoms. The van der Waals surface area contributed by atoms with Gasteiger partial charge in [0.15, 0.2) is 17.3 Å². The maximum absolute atomic E-state index is 12.3. The van der Waals surface area contributed by atoms with Crippen molar-refractivity contribution in [3.8, 4) is 23.0 Å². The summed E-state index contributed by atoms with van der Waals surface area (Å²) in [6.07, 6.45) is 1.51. The zero-order valence-electron chi connectivity index (χ0n) is 16.3. The summed E-state index contributed by atoms with van der Waals surface area (Å²) in [5.41, 5.74) is 0.760. The molecule has 0 atom stereocenters. The topological polar surface area (TPSA) is 94.1 Å². The smallest absolute Gasteiger partial charge is 0.289 e. The molecule has 4 rings (SSSR count). The van der Waals surface area contributed by atoms with E-state index in [1.807, 2.05) is 6.07 Å². The molecule has 1 saturated heterocycles. The third kappa shape index (κ3) is 4.09. The van der Waals surface area contributed by atoms with Crippen molar-refractivity contribution in [3.63, 3.8) is 0 Å². The summed E-state index contributed by atoms with van der Waals surface area (Å²) in [7, 11) is 3.17. The average molecular weight is 398 g/mol. The fourth-order valence-electron chi connectivity index (χ4n) is 3.26. The molecule has 0 spiro atoms. The highest BCUT2D eigenvalue weighted by Crippen LogP contribution is 2.31. The average Bonchev–Trinajstić information content (AvgIpc) is 3.46. The largest absolute Gasteiger partial charge is 0.493 e. The zero-order valence-corrected chi connectivity index (χ0v) is 16.3. The van der Waals surface area contributed by atoms with Crippen LogP contribution in [0.4, 0.5) is 0 Å². The monoisotopic (exact) mass is 398 g/mol. The summed E-state index contributed by atoms with van der Waals surface area (Å²) in [5.74, 6) is 2.48. The molecule has 9 heteroatoms. The molecule has 1 amide bonds. The Hall–Kier alpha value is -3.33. The van der Waals surface area contributed by atoms with Crippen molar-refractivity contribution in [2.75, 3.05) is 40.4 Å². The SMILES string of the molecule is COc1ccc(-c2nnc(CN3CCN(C(=O)c4ccco4)CC3)o2)cc1OC. The van der Waals surface area contributed by atoms with Crippen LogP contribution in [0.3, 0.4) is 0 Å². The first-order chi connectivity index (χ1) is 14.2. The van der Waals surface area contributed by atoms with Crippen molar-refractivity contribution in [1.29, 1.82) is 0 Å². The van der Waals surface area contributed by atoms with E-state index in [1.165, 1.54) is 6.26 Å². The molecule has 1 aliphatic heterocycles. The van der Waals surface area contributed by atoms with Crippen LogP contribution in [-0.2, 0) is 6.54 Å². The van der Waals surface area contributed by atoms with Crippen LogP contribution >= 0.6 is 0 Å². The summed E-state index contributed by atoms with van der Waals surface area (Å²) >= 11 is 0. The molecule has 0 radical (unpaired) electrons. The van der Waals surface area contributed by atoms with Crippen molar-refractivity contribution in [1.82, 2.24) is 20.0 Å². The summed E-state index contributed by atoms with van der Waals surface area (Å²) in [6, 6.07) is 8.85. The van der Waals surface area contributed by atoms with Gasteiger partial charge in [0.1, 0.15) is 0 Å². The van der Waals surface area contributed by atoms with Gasteiger partial charge in [-0.15, -0.1) is 10.2 Å². The Morgan fingerprint density at radius 1 is 1.07 bits per heavy atom. The normalized spacial score (nSPS) is 14.8. The van der Waals surface area contributed by atoms with Crippen LogP contribution in [-0.4, -0.2) is 66.3 Å². The fourth-order valence-corrected chi connectivity index (χ4v) is 3.26. The molecule has 3 aromatic rings. The van der Waals surface area contributed by atoms with Gasteiger partial charge < -0.3 is 23.2 Å². The standard InChI is InChI=1S/C20H22N4O5/c1-26-15-6-5-14(12-17(15)27-2)19-22-21-18(29-19)13-23-7-9-24(10-8-23)20(25)16-4-3-11-28-16/h3-6,11-12H,7-10,13H2,1-2H3. The van der Waals surface area contributed by atoms with Crippen LogP contribution in [0.1, 0.15) is 16.4 Å². The van der Waals surface area contributed by atoms with E-state index in [1.54, 1.807) is 43.4 Å². The molecular formula is C20H22N4O5. The highest BCUT2D eigenvalue weighted by atomic mass is 16.5. The number of benzene rings is 1. The van der Waals surface area contributed by atoms with Gasteiger partial charge in [-0.3, -0.25) is 9.69 Å². The highest BCUT2D eigenvalue weighted by Gasteiger charge is 2.24. The van der Waals surface area contributed by atoms with Crippen LogP contribution in [0.2, 0.25) is 0 Å². The van der Waals surface area contributed by atoms with Gasteiger partial charge >= 0.3 is 0 Å². The molecule has 9 nitrogen and oxygen atoms in total. The molecule has 152 valence electrons. The van der Waals surface area contributed by atoms with E-state index in [0.29, 0.717) is 48.7 Å². The van der Waals surface area contributed by atoms with Crippen LogP contribution in [0.25, 0.3) is 11.5 Å². The van der Waals surface area contributed by atoms with Crippen LogP contribution < -0.4 is 9.47 Å². The fraction of sp³-hybridized carbons (Fsp3) is 0.350. The van der Waals surface area contributed by atoms with Crippen molar-refractivity contribution in [2.24, 2.45) is 0 Å². The van der Waals surface area contributed by atoms with Gasteiger partial charge in [-0.05, 0) is 30.3 Å². The molecule has 1 aromatic carbocycles. The van der Waals surface area contributed by atoms with E-state index < -0.39 is 0 Å². The molecular weight excluding hydrogens is 376 g/mol. The number of hydrogen-bond acceptors (Lipinski definition) is 8. The Bertz CT molecular complexity index is 961. The maximum Gasteiger partial charge on any atom is 0.289 e. The van der Waals surface area contributed by atoms with Crippen molar-refractivity contribution >= 4 is 5.91 Å². The van der Waals surface area contributed by atoms with Gasteiger partial charge in [0.2, 0.25) is 11.8 Å². The minimum absolute atomic E-state index is 0.0804. The number of piperazine rings is 1. The Balaban J connectivity index is 1.36. The zero-order chi connectivity index (χ0) is 20.2. The number of ether oxygens (including phenoxy) is 2. The Morgan fingerprint density at radius 2 is 1.86 bits per heavy atom. The third-order valence-corrected chi connectivity index (χ3v) is 4.85. The molecule has 0 aliphatic carbocycles. The number of methoxy groups -OCH3 is 2. The molecule has 3 heterocycles. The number of nitrogens with zero attached hydrogens (tertiary/aromatic N) is 4. The lowest BCUT2D eigenvalue weighted by Gasteiger charge is -2.33. The van der Waals surface area contributed by atoms with Crippen LogP contribution in [0.15, 0.2) is 45.4 Å². The van der Waals surface area contributed by atoms with Gasteiger partial charge in [0.05, 0.1) is 27.0 Å². The second-order valence-corrected chi connectivity index (χ2v) is 6.62. The van der Waals surface area contributed by atoms with Gasteiger partial charge in [-0.25, -0.2) is 0 Å². The van der Waals surface area contributed by atoms with E-state index >= 15 is 0 Å². The summed E-state index contributed by atoms with van der Waals surface area (Å²) in [5, 5.41) is 8.30. The Labute approximate surface area is 167 Å². The van der Waals surface area contributed by atoms with Crippen LogP contribution in [0.5, 0.6) is 11.5 Å². The first-order valence-corrected chi connectivity index (χ1v) is 9.28. The first kappa shape index (κ1) is 19.0. The lowest BCUT2D eigenvalue weighted by molar-refractivity contribution is 0.0588. The number of amides is 1. The lowest BCUT2D eigenvalue weighted by Crippen LogP contribution is -2.48. The summed E-state index contributed by atoms with van der Waals surface area (Å²) < 4.78 is 21.6. The quantitative estimate of drug-likeness (QED) is 0.624. The molecule has 2 aromatic heterocycles. The Kier molecular flexibility index (Phi) is 5.48. The number of furan rings is 1. The third-order valence-electron chi connectivity index (χ3n) is 4.85. The van der Waals surface area contributed by atoms with E-state index in [0.717, 1.165) is 18.7 Å². The predicted octanol–water partition coefficient (Wildman–Crippen LogP) is 2.30. The second-order valence-electron chi connectivity index (χ2n) is 6.62. The first-order valence-electron chi connectivity index (χ1n) is 9.28. The van der Waals surface area contributed by atoms with Crippen molar-refractivity contribution in [3.05, 3.63) is 48.2 Å². The molecule has 1 fully saturated rings. The molecule has 29 heavy (non-hydrogen) atoms. The van der Waals surface area contributed by atoms with Gasteiger partial charge in [0, 0.05) is 31.7 Å². The van der Waals surface area contributed by atoms with Gasteiger partial charge in [0.25, 0.3) is 5.91 Å². The minimum Gasteiger partial charge on any atom is -0.493 e. The summed E-state index contributed by atoms with van der Waals surface area (Å²) in [6.45, 7) is 3.22. The lowest BCUT2D eigenvalue weighted by atomic mass is 10.2. The molecule has 0 unspecified atom stereocenters. The second kappa shape index (κ2) is 8.36. The number of hydrogen-bond donors (Lipinski definition) is 0. The Morgan fingerprint density at radius 3 is 2.55 bits per heavy atom. The molecule has 1 aliphatic rings. The molecule has 0 saturated carbocycles. The number of rotatable bonds is 6. The van der Waals surface area contributed by atoms with E-state index in [-0.39, 0.29) is 5.91 Å². The van der Waals surface area contributed by atoms with E-state index in [2.05, 4.69) is 15.1 Å². The van der Waals surface area contributed by atoms with Crippen molar-refractivity contribution < 1.29 is 23.1 Å². The number of carbonyl (C=O) groups is 1.